The van der Waals surface area contributed by atoms with Gasteiger partial charge in [0.25, 0.3) is 0 Å². The van der Waals surface area contributed by atoms with E-state index in [9.17, 15) is 31.2 Å². The Balaban J connectivity index is 2.60. The number of hydrogen-bond donors (Lipinski definition) is 1. The van der Waals surface area contributed by atoms with Crippen molar-refractivity contribution in [2.45, 2.75) is 58.4 Å². The average Bonchev–Trinajstić information content (AvgIpc) is 2.83. The van der Waals surface area contributed by atoms with Gasteiger partial charge in [0.05, 0.1) is 22.5 Å². The van der Waals surface area contributed by atoms with Gasteiger partial charge >= 0.3 is 6.18 Å². The number of carbonyl (C=O) groups excluding carboxylic acids is 2. The van der Waals surface area contributed by atoms with E-state index in [0.29, 0.717) is 28.4 Å². The molecule has 2 atom stereocenters. The van der Waals surface area contributed by atoms with E-state index < -0.39 is 51.9 Å². The summed E-state index contributed by atoms with van der Waals surface area (Å²) in [5.74, 6) is -1.37. The first-order chi connectivity index (χ1) is 18.0. The summed E-state index contributed by atoms with van der Waals surface area (Å²) in [6.45, 7) is 4.10. The molecule has 0 bridgehead atoms. The quantitative estimate of drug-likeness (QED) is 0.323. The van der Waals surface area contributed by atoms with Crippen LogP contribution in [-0.4, -0.2) is 50.0 Å². The molecule has 2 rings (SSSR count). The van der Waals surface area contributed by atoms with Crippen LogP contribution in [0.5, 0.6) is 0 Å². The van der Waals surface area contributed by atoms with Crippen molar-refractivity contribution < 1.29 is 31.2 Å². The second-order valence-electron chi connectivity index (χ2n) is 8.90. The fourth-order valence-electron chi connectivity index (χ4n) is 3.69. The van der Waals surface area contributed by atoms with Crippen molar-refractivity contribution >= 4 is 62.3 Å². The first kappa shape index (κ1) is 33.0. The van der Waals surface area contributed by atoms with E-state index in [-0.39, 0.29) is 34.1 Å². The Hall–Kier alpha value is -2.21. The molecule has 0 aliphatic rings. The van der Waals surface area contributed by atoms with Crippen molar-refractivity contribution in [2.75, 3.05) is 17.1 Å². The maximum Gasteiger partial charge on any atom is 0.416 e. The molecule has 0 radical (unpaired) electrons. The summed E-state index contributed by atoms with van der Waals surface area (Å²) in [6.07, 6.45) is -3.30. The number of amides is 2. The molecule has 39 heavy (non-hydrogen) atoms. The first-order valence-corrected chi connectivity index (χ1v) is 14.9. The topological polar surface area (TPSA) is 86.8 Å². The number of halogens is 6. The van der Waals surface area contributed by atoms with E-state index in [4.69, 9.17) is 34.8 Å². The van der Waals surface area contributed by atoms with E-state index in [2.05, 4.69) is 5.32 Å². The highest BCUT2D eigenvalue weighted by molar-refractivity contribution is 7.92. The molecule has 2 aromatic carbocycles. The van der Waals surface area contributed by atoms with Gasteiger partial charge in [-0.25, -0.2) is 8.42 Å². The van der Waals surface area contributed by atoms with Gasteiger partial charge in [-0.15, -0.1) is 0 Å². The summed E-state index contributed by atoms with van der Waals surface area (Å²) < 4.78 is 66.1. The summed E-state index contributed by atoms with van der Waals surface area (Å²) in [4.78, 5) is 28.0. The van der Waals surface area contributed by atoms with Crippen molar-refractivity contribution in [3.05, 3.63) is 62.6 Å². The van der Waals surface area contributed by atoms with Crippen molar-refractivity contribution in [3.63, 3.8) is 0 Å². The molecule has 7 nitrogen and oxygen atoms in total. The van der Waals surface area contributed by atoms with Gasteiger partial charge in [0.2, 0.25) is 21.8 Å². The molecule has 1 N–H and O–H groups in total. The van der Waals surface area contributed by atoms with Gasteiger partial charge in [-0.05, 0) is 50.1 Å². The van der Waals surface area contributed by atoms with Gasteiger partial charge in [0, 0.05) is 28.2 Å². The molecule has 0 saturated heterocycles. The van der Waals surface area contributed by atoms with Gasteiger partial charge in [0.15, 0.2) is 0 Å². The standard InChI is InChI=1S/C25H29Cl3F3N3O4S/c1-5-15(3)32-24(36)21(6-2)33(13-17-18(26)8-7-9-19(17)27)23(35)14-34(39(4,37)38)22-12-16(25(29,30)31)10-11-20(22)28/h7-12,15,21H,5-6,13-14H2,1-4H3,(H,32,36)/t15-,21-/m0/s1. The third-order valence-electron chi connectivity index (χ3n) is 6.00. The van der Waals surface area contributed by atoms with Crippen LogP contribution in [0.4, 0.5) is 18.9 Å². The number of rotatable bonds is 11. The second kappa shape index (κ2) is 13.4. The molecular formula is C25H29Cl3F3N3O4S. The van der Waals surface area contributed by atoms with Crippen LogP contribution in [0.15, 0.2) is 36.4 Å². The summed E-state index contributed by atoms with van der Waals surface area (Å²) >= 11 is 18.7. The summed E-state index contributed by atoms with van der Waals surface area (Å²) in [6, 6.07) is 5.53. The number of carbonyl (C=O) groups is 2. The SMILES string of the molecule is CC[C@H](C)NC(=O)[C@H](CC)N(Cc1c(Cl)cccc1Cl)C(=O)CN(c1cc(C(F)(F)F)ccc1Cl)S(C)(=O)=O. The zero-order chi connectivity index (χ0) is 29.7. The molecule has 216 valence electrons. The Labute approximate surface area is 241 Å². The van der Waals surface area contributed by atoms with Gasteiger partial charge < -0.3 is 10.2 Å². The molecule has 0 aliphatic heterocycles. The van der Waals surface area contributed by atoms with Gasteiger partial charge in [-0.1, -0.05) is 54.7 Å². The highest BCUT2D eigenvalue weighted by Crippen LogP contribution is 2.36. The number of nitrogens with one attached hydrogen (secondary N) is 1. The minimum atomic E-state index is -4.79. The van der Waals surface area contributed by atoms with Crippen LogP contribution in [0.3, 0.4) is 0 Å². The monoisotopic (exact) mass is 629 g/mol. The van der Waals surface area contributed by atoms with E-state index in [1.807, 2.05) is 6.92 Å². The lowest BCUT2D eigenvalue weighted by Gasteiger charge is -2.34. The van der Waals surface area contributed by atoms with Crippen molar-refractivity contribution in [2.24, 2.45) is 0 Å². The Bertz CT molecular complexity index is 1290. The Morgan fingerprint density at radius 2 is 1.59 bits per heavy atom. The largest absolute Gasteiger partial charge is 0.416 e. The number of alkyl halides is 3. The molecule has 0 saturated carbocycles. The molecule has 0 unspecified atom stereocenters. The van der Waals surface area contributed by atoms with Crippen LogP contribution in [0.25, 0.3) is 0 Å². The Kier molecular flexibility index (Phi) is 11.4. The Morgan fingerprint density at radius 1 is 1.00 bits per heavy atom. The number of hydrogen-bond acceptors (Lipinski definition) is 4. The average molecular weight is 631 g/mol. The lowest BCUT2D eigenvalue weighted by molar-refractivity contribution is -0.140. The van der Waals surface area contributed by atoms with Crippen molar-refractivity contribution in [1.29, 1.82) is 0 Å². The maximum atomic E-state index is 13.7. The fraction of sp³-hybridized carbons (Fsp3) is 0.440. The van der Waals surface area contributed by atoms with Crippen LogP contribution in [0.2, 0.25) is 15.1 Å². The van der Waals surface area contributed by atoms with E-state index in [1.165, 1.54) is 12.1 Å². The molecule has 0 fully saturated rings. The summed E-state index contributed by atoms with van der Waals surface area (Å²) in [5.41, 5.74) is -1.37. The number of benzene rings is 2. The van der Waals surface area contributed by atoms with Gasteiger partial charge in [0.1, 0.15) is 12.6 Å². The van der Waals surface area contributed by atoms with E-state index in [0.717, 1.165) is 17.2 Å². The van der Waals surface area contributed by atoms with Crippen LogP contribution < -0.4 is 9.62 Å². The third-order valence-corrected chi connectivity index (χ3v) is 8.15. The number of anilines is 1. The minimum absolute atomic E-state index is 0.138. The lowest BCUT2D eigenvalue weighted by Crippen LogP contribution is -2.53. The van der Waals surface area contributed by atoms with Crippen LogP contribution in [0, 0.1) is 0 Å². The smallest absolute Gasteiger partial charge is 0.352 e. The molecule has 14 heteroatoms. The molecule has 0 aliphatic carbocycles. The van der Waals surface area contributed by atoms with Gasteiger partial charge in [-0.3, -0.25) is 13.9 Å². The first-order valence-electron chi connectivity index (χ1n) is 11.9. The minimum Gasteiger partial charge on any atom is -0.352 e. The van der Waals surface area contributed by atoms with Crippen LogP contribution >= 0.6 is 34.8 Å². The summed E-state index contributed by atoms with van der Waals surface area (Å²) in [5, 5.41) is 2.90. The van der Waals surface area contributed by atoms with Crippen LogP contribution in [-0.2, 0) is 32.3 Å². The molecule has 0 spiro atoms. The summed E-state index contributed by atoms with van der Waals surface area (Å²) in [7, 11) is -4.31. The predicted molar refractivity (Wildman–Crippen MR) is 148 cm³/mol. The zero-order valence-corrected chi connectivity index (χ0v) is 24.7. The number of nitrogens with zero attached hydrogens (tertiary/aromatic N) is 2. The number of sulfonamides is 1. The van der Waals surface area contributed by atoms with Crippen molar-refractivity contribution in [1.82, 2.24) is 10.2 Å². The van der Waals surface area contributed by atoms with E-state index in [1.54, 1.807) is 19.9 Å². The second-order valence-corrected chi connectivity index (χ2v) is 12.0. The Morgan fingerprint density at radius 3 is 2.08 bits per heavy atom. The third kappa shape index (κ3) is 8.64. The van der Waals surface area contributed by atoms with E-state index >= 15 is 0 Å². The lowest BCUT2D eigenvalue weighted by atomic mass is 10.1. The molecular weight excluding hydrogens is 602 g/mol. The molecule has 0 aromatic heterocycles. The normalized spacial score (nSPS) is 13.5. The molecule has 2 aromatic rings. The molecule has 0 heterocycles. The van der Waals surface area contributed by atoms with Crippen molar-refractivity contribution in [3.8, 4) is 0 Å². The van der Waals surface area contributed by atoms with Gasteiger partial charge in [-0.2, -0.15) is 13.2 Å². The highest BCUT2D eigenvalue weighted by atomic mass is 35.5. The maximum absolute atomic E-state index is 13.7. The van der Waals surface area contributed by atoms with Crippen LogP contribution in [0.1, 0.15) is 44.7 Å². The highest BCUT2D eigenvalue weighted by Gasteiger charge is 2.35. The zero-order valence-electron chi connectivity index (χ0n) is 21.7. The predicted octanol–water partition coefficient (Wildman–Crippen LogP) is 6.15. The molecule has 2 amide bonds. The fourth-order valence-corrected chi connectivity index (χ4v) is 5.33.